The van der Waals surface area contributed by atoms with Gasteiger partial charge in [-0.2, -0.15) is 0 Å². The van der Waals surface area contributed by atoms with Crippen LogP contribution in [-0.4, -0.2) is 38.7 Å². The standard InChI is InChI=1S/C21H20BrNO6/c1-4-29-18(24)11-8-14-13-15(22)9-10-17(14)23-12-6-5-7-16(20(25)27-2)19(23)21(26)28-3/h5-13H,4H2,1-3H3. The molecule has 7 nitrogen and oxygen atoms in total. The highest BCUT2D eigenvalue weighted by atomic mass is 79.9. The van der Waals surface area contributed by atoms with Crippen LogP contribution in [0.25, 0.3) is 6.08 Å². The molecule has 0 aliphatic carbocycles. The Bertz CT molecular complexity index is 929. The van der Waals surface area contributed by atoms with Crippen molar-refractivity contribution in [2.75, 3.05) is 25.7 Å². The average Bonchev–Trinajstić information content (AvgIpc) is 2.94. The highest BCUT2D eigenvalue weighted by molar-refractivity contribution is 9.10. The summed E-state index contributed by atoms with van der Waals surface area (Å²) in [6, 6.07) is 5.28. The van der Waals surface area contributed by atoms with Crippen molar-refractivity contribution in [1.29, 1.82) is 0 Å². The van der Waals surface area contributed by atoms with Gasteiger partial charge < -0.3 is 19.1 Å². The Morgan fingerprint density at radius 3 is 2.48 bits per heavy atom. The predicted octanol–water partition coefficient (Wildman–Crippen LogP) is 3.52. The Labute approximate surface area is 177 Å². The molecule has 1 aliphatic rings. The number of halogens is 1. The fourth-order valence-electron chi connectivity index (χ4n) is 2.58. The molecule has 0 unspecified atom stereocenters. The molecule has 1 aromatic carbocycles. The molecule has 0 radical (unpaired) electrons. The van der Waals surface area contributed by atoms with Crippen LogP contribution in [0.15, 0.2) is 64.4 Å². The van der Waals surface area contributed by atoms with Gasteiger partial charge in [0, 0.05) is 16.7 Å². The van der Waals surface area contributed by atoms with Crippen molar-refractivity contribution in [2.45, 2.75) is 6.92 Å². The Kier molecular flexibility index (Phi) is 7.97. The minimum absolute atomic E-state index is 0.0162. The maximum absolute atomic E-state index is 12.6. The molecule has 0 fully saturated rings. The first-order chi connectivity index (χ1) is 13.9. The van der Waals surface area contributed by atoms with Gasteiger partial charge in [0.05, 0.1) is 32.1 Å². The van der Waals surface area contributed by atoms with E-state index in [9.17, 15) is 14.4 Å². The molecule has 0 N–H and O–H groups in total. The van der Waals surface area contributed by atoms with Gasteiger partial charge in [-0.1, -0.05) is 22.0 Å². The van der Waals surface area contributed by atoms with E-state index < -0.39 is 17.9 Å². The van der Waals surface area contributed by atoms with Crippen molar-refractivity contribution in [3.8, 4) is 0 Å². The lowest BCUT2D eigenvalue weighted by atomic mass is 10.1. The van der Waals surface area contributed by atoms with Gasteiger partial charge in [0.2, 0.25) is 0 Å². The van der Waals surface area contributed by atoms with E-state index in [2.05, 4.69) is 15.9 Å². The van der Waals surface area contributed by atoms with E-state index >= 15 is 0 Å². The van der Waals surface area contributed by atoms with Crippen molar-refractivity contribution in [2.24, 2.45) is 0 Å². The molecule has 1 aliphatic heterocycles. The van der Waals surface area contributed by atoms with Crippen molar-refractivity contribution in [3.05, 3.63) is 70.0 Å². The van der Waals surface area contributed by atoms with Gasteiger partial charge in [0.25, 0.3) is 0 Å². The highest BCUT2D eigenvalue weighted by Gasteiger charge is 2.28. The fourth-order valence-corrected chi connectivity index (χ4v) is 2.96. The Morgan fingerprint density at radius 2 is 1.83 bits per heavy atom. The van der Waals surface area contributed by atoms with Crippen molar-refractivity contribution in [1.82, 2.24) is 0 Å². The molecule has 0 saturated carbocycles. The van der Waals surface area contributed by atoms with E-state index in [1.54, 1.807) is 49.6 Å². The number of benzene rings is 1. The van der Waals surface area contributed by atoms with E-state index in [0.29, 0.717) is 11.3 Å². The molecule has 0 saturated heterocycles. The SMILES string of the molecule is CCOC(=O)C=Cc1cc(Br)ccc1N1C=CC=CC(C(=O)OC)=C1C(=O)OC. The zero-order chi connectivity index (χ0) is 21.4. The van der Waals surface area contributed by atoms with Crippen LogP contribution in [0.4, 0.5) is 5.69 Å². The quantitative estimate of drug-likeness (QED) is 0.364. The van der Waals surface area contributed by atoms with Crippen LogP contribution in [-0.2, 0) is 28.6 Å². The average molecular weight is 462 g/mol. The molecule has 0 spiro atoms. The summed E-state index contributed by atoms with van der Waals surface area (Å²) in [5, 5.41) is 0. The van der Waals surface area contributed by atoms with E-state index in [4.69, 9.17) is 14.2 Å². The van der Waals surface area contributed by atoms with E-state index in [0.717, 1.165) is 4.47 Å². The maximum atomic E-state index is 12.6. The number of carbonyl (C=O) groups is 3. The van der Waals surface area contributed by atoms with Gasteiger partial charge >= 0.3 is 17.9 Å². The van der Waals surface area contributed by atoms with Crippen molar-refractivity contribution in [3.63, 3.8) is 0 Å². The summed E-state index contributed by atoms with van der Waals surface area (Å²) in [5.74, 6) is -1.90. The van der Waals surface area contributed by atoms with Crippen LogP contribution >= 0.6 is 15.9 Å². The normalized spacial score (nSPS) is 13.4. The largest absolute Gasteiger partial charge is 0.465 e. The highest BCUT2D eigenvalue weighted by Crippen LogP contribution is 2.32. The van der Waals surface area contributed by atoms with Crippen LogP contribution in [0.1, 0.15) is 12.5 Å². The number of nitrogens with zero attached hydrogens (tertiary/aromatic N) is 1. The Balaban J connectivity index is 2.65. The molecule has 0 amide bonds. The molecular formula is C21H20BrNO6. The predicted molar refractivity (Wildman–Crippen MR) is 112 cm³/mol. The minimum atomic E-state index is -0.718. The second kappa shape index (κ2) is 10.4. The van der Waals surface area contributed by atoms with Crippen LogP contribution in [0.3, 0.4) is 0 Å². The second-order valence-corrected chi connectivity index (χ2v) is 6.52. The van der Waals surface area contributed by atoms with E-state index in [-0.39, 0.29) is 17.9 Å². The lowest BCUT2D eigenvalue weighted by molar-refractivity contribution is -0.139. The van der Waals surface area contributed by atoms with Gasteiger partial charge in [-0.05, 0) is 48.9 Å². The number of rotatable bonds is 6. The lowest BCUT2D eigenvalue weighted by Gasteiger charge is -2.25. The third-order valence-electron chi connectivity index (χ3n) is 3.82. The van der Waals surface area contributed by atoms with Gasteiger partial charge in [-0.3, -0.25) is 0 Å². The molecule has 2 rings (SSSR count). The first kappa shape index (κ1) is 22.2. The van der Waals surface area contributed by atoms with E-state index in [1.807, 2.05) is 0 Å². The summed E-state index contributed by atoms with van der Waals surface area (Å²) in [5.41, 5.74) is 1.16. The molecule has 152 valence electrons. The molecule has 8 heteroatoms. The zero-order valence-electron chi connectivity index (χ0n) is 16.2. The van der Waals surface area contributed by atoms with Crippen LogP contribution in [0, 0.1) is 0 Å². The summed E-state index contributed by atoms with van der Waals surface area (Å²) in [4.78, 5) is 38.1. The molecule has 29 heavy (non-hydrogen) atoms. The van der Waals surface area contributed by atoms with Crippen molar-refractivity contribution >= 4 is 45.6 Å². The maximum Gasteiger partial charge on any atom is 0.355 e. The van der Waals surface area contributed by atoms with Crippen LogP contribution in [0.2, 0.25) is 0 Å². The first-order valence-electron chi connectivity index (χ1n) is 8.62. The third-order valence-corrected chi connectivity index (χ3v) is 4.32. The molecule has 1 heterocycles. The Hall–Kier alpha value is -3.13. The number of carbonyl (C=O) groups excluding carboxylic acids is 3. The smallest absolute Gasteiger partial charge is 0.355 e. The number of ether oxygens (including phenoxy) is 3. The summed E-state index contributed by atoms with van der Waals surface area (Å²) in [6.07, 6.45) is 9.22. The van der Waals surface area contributed by atoms with Gasteiger partial charge in [0.1, 0.15) is 5.70 Å². The first-order valence-corrected chi connectivity index (χ1v) is 9.41. The zero-order valence-corrected chi connectivity index (χ0v) is 17.8. The number of allylic oxidation sites excluding steroid dienone is 2. The number of hydrogen-bond donors (Lipinski definition) is 0. The van der Waals surface area contributed by atoms with Crippen LogP contribution < -0.4 is 4.90 Å². The number of methoxy groups -OCH3 is 2. The summed E-state index contributed by atoms with van der Waals surface area (Å²) >= 11 is 3.40. The van der Waals surface area contributed by atoms with Crippen LogP contribution in [0.5, 0.6) is 0 Å². The lowest BCUT2D eigenvalue weighted by Crippen LogP contribution is -2.27. The van der Waals surface area contributed by atoms with Gasteiger partial charge in [-0.25, -0.2) is 14.4 Å². The molecule has 0 bridgehead atoms. The number of esters is 3. The number of anilines is 1. The summed E-state index contributed by atoms with van der Waals surface area (Å²) < 4.78 is 15.4. The van der Waals surface area contributed by atoms with E-state index in [1.165, 1.54) is 31.3 Å². The summed E-state index contributed by atoms with van der Waals surface area (Å²) in [7, 11) is 2.46. The second-order valence-electron chi connectivity index (χ2n) is 5.60. The van der Waals surface area contributed by atoms with Crippen molar-refractivity contribution < 1.29 is 28.6 Å². The summed E-state index contributed by atoms with van der Waals surface area (Å²) in [6.45, 7) is 1.97. The monoisotopic (exact) mass is 461 g/mol. The topological polar surface area (TPSA) is 82.1 Å². The molecule has 0 atom stereocenters. The molecule has 1 aromatic rings. The molecular weight excluding hydrogens is 442 g/mol. The fraction of sp³-hybridized carbons (Fsp3) is 0.190. The minimum Gasteiger partial charge on any atom is -0.465 e. The molecule has 0 aromatic heterocycles. The number of hydrogen-bond acceptors (Lipinski definition) is 7. The van der Waals surface area contributed by atoms with Gasteiger partial charge in [0.15, 0.2) is 0 Å². The van der Waals surface area contributed by atoms with Gasteiger partial charge in [-0.15, -0.1) is 0 Å². The Morgan fingerprint density at radius 1 is 1.10 bits per heavy atom. The third kappa shape index (κ3) is 5.45.